The van der Waals surface area contributed by atoms with Gasteiger partial charge in [-0.15, -0.1) is 0 Å². The number of nitrogens with one attached hydrogen (secondary N) is 2. The summed E-state index contributed by atoms with van der Waals surface area (Å²) in [6.07, 6.45) is 1.46. The molecule has 2 aromatic rings. The SMILES string of the molecule is CC(=O)Nc1ccc(S(=O)(=O)Nc2ccc(C)nc2)cc1. The Balaban J connectivity index is 2.19. The summed E-state index contributed by atoms with van der Waals surface area (Å²) in [7, 11) is -3.67. The van der Waals surface area contributed by atoms with Crippen LogP contribution >= 0.6 is 0 Å². The molecule has 0 atom stereocenters. The van der Waals surface area contributed by atoms with E-state index in [1.165, 1.54) is 37.4 Å². The second-order valence-electron chi connectivity index (χ2n) is 4.50. The Morgan fingerprint density at radius 2 is 1.67 bits per heavy atom. The van der Waals surface area contributed by atoms with Gasteiger partial charge in [0.15, 0.2) is 0 Å². The molecule has 0 bridgehead atoms. The van der Waals surface area contributed by atoms with E-state index in [1.54, 1.807) is 12.1 Å². The van der Waals surface area contributed by atoms with E-state index in [0.29, 0.717) is 11.4 Å². The third kappa shape index (κ3) is 4.03. The van der Waals surface area contributed by atoms with Crippen molar-refractivity contribution in [2.24, 2.45) is 0 Å². The van der Waals surface area contributed by atoms with E-state index in [0.717, 1.165) is 5.69 Å². The van der Waals surface area contributed by atoms with Crippen LogP contribution in [0.25, 0.3) is 0 Å². The van der Waals surface area contributed by atoms with E-state index in [1.807, 2.05) is 6.92 Å². The Morgan fingerprint density at radius 1 is 1.05 bits per heavy atom. The molecule has 0 fully saturated rings. The number of hydrogen-bond acceptors (Lipinski definition) is 4. The van der Waals surface area contributed by atoms with Crippen molar-refractivity contribution in [1.29, 1.82) is 0 Å². The Morgan fingerprint density at radius 3 is 2.19 bits per heavy atom. The highest BCUT2D eigenvalue weighted by Crippen LogP contribution is 2.17. The number of aryl methyl sites for hydroxylation is 1. The molecule has 0 saturated carbocycles. The van der Waals surface area contributed by atoms with Gasteiger partial charge >= 0.3 is 0 Å². The first-order valence-corrected chi connectivity index (χ1v) is 7.68. The zero-order valence-corrected chi connectivity index (χ0v) is 12.4. The second kappa shape index (κ2) is 5.92. The minimum Gasteiger partial charge on any atom is -0.326 e. The number of sulfonamides is 1. The van der Waals surface area contributed by atoms with Gasteiger partial charge in [0.05, 0.1) is 16.8 Å². The summed E-state index contributed by atoms with van der Waals surface area (Å²) in [6, 6.07) is 9.28. The lowest BCUT2D eigenvalue weighted by atomic mass is 10.3. The van der Waals surface area contributed by atoms with Gasteiger partial charge in [0, 0.05) is 18.3 Å². The van der Waals surface area contributed by atoms with Crippen LogP contribution in [0, 0.1) is 6.92 Å². The maximum Gasteiger partial charge on any atom is 0.261 e. The Kier molecular flexibility index (Phi) is 4.23. The average molecular weight is 305 g/mol. The van der Waals surface area contributed by atoms with Crippen molar-refractivity contribution < 1.29 is 13.2 Å². The number of hydrogen-bond donors (Lipinski definition) is 2. The molecular weight excluding hydrogens is 290 g/mol. The van der Waals surface area contributed by atoms with Crippen molar-refractivity contribution in [2.75, 3.05) is 10.0 Å². The van der Waals surface area contributed by atoms with E-state index >= 15 is 0 Å². The zero-order valence-electron chi connectivity index (χ0n) is 11.6. The van der Waals surface area contributed by atoms with Crippen LogP contribution in [0.3, 0.4) is 0 Å². The lowest BCUT2D eigenvalue weighted by molar-refractivity contribution is -0.114. The van der Waals surface area contributed by atoms with Crippen LogP contribution in [-0.2, 0) is 14.8 Å². The molecule has 7 heteroatoms. The molecule has 0 aliphatic rings. The average Bonchev–Trinajstić information content (AvgIpc) is 2.41. The smallest absolute Gasteiger partial charge is 0.261 e. The summed E-state index contributed by atoms with van der Waals surface area (Å²) in [6.45, 7) is 3.20. The number of anilines is 2. The van der Waals surface area contributed by atoms with Gasteiger partial charge in [-0.3, -0.25) is 14.5 Å². The molecule has 21 heavy (non-hydrogen) atoms. The van der Waals surface area contributed by atoms with Crippen LogP contribution in [0.4, 0.5) is 11.4 Å². The molecule has 6 nitrogen and oxygen atoms in total. The number of amides is 1. The molecule has 1 heterocycles. The summed E-state index contributed by atoms with van der Waals surface area (Å²) < 4.78 is 26.8. The van der Waals surface area contributed by atoms with Crippen LogP contribution in [0.1, 0.15) is 12.6 Å². The Bertz CT molecular complexity index is 738. The molecule has 0 saturated heterocycles. The maximum atomic E-state index is 12.2. The summed E-state index contributed by atoms with van der Waals surface area (Å²) in [5.74, 6) is -0.213. The predicted octanol–water partition coefficient (Wildman–Crippen LogP) is 2.15. The molecule has 1 aromatic heterocycles. The molecule has 1 amide bonds. The number of carbonyl (C=O) groups excluding carboxylic acids is 1. The molecule has 0 spiro atoms. The van der Waals surface area contributed by atoms with Gasteiger partial charge in [0.25, 0.3) is 10.0 Å². The highest BCUT2D eigenvalue weighted by molar-refractivity contribution is 7.92. The van der Waals surface area contributed by atoms with Crippen molar-refractivity contribution in [1.82, 2.24) is 4.98 Å². The van der Waals surface area contributed by atoms with Gasteiger partial charge in [0.1, 0.15) is 0 Å². The molecule has 2 N–H and O–H groups in total. The monoisotopic (exact) mass is 305 g/mol. The number of rotatable bonds is 4. The molecule has 110 valence electrons. The number of aromatic nitrogens is 1. The van der Waals surface area contributed by atoms with Gasteiger partial charge < -0.3 is 5.32 Å². The second-order valence-corrected chi connectivity index (χ2v) is 6.18. The van der Waals surface area contributed by atoms with E-state index in [-0.39, 0.29) is 10.8 Å². The number of benzene rings is 1. The molecule has 0 unspecified atom stereocenters. The van der Waals surface area contributed by atoms with Crippen LogP contribution < -0.4 is 10.0 Å². The lowest BCUT2D eigenvalue weighted by Crippen LogP contribution is -2.13. The molecular formula is C14H15N3O3S. The van der Waals surface area contributed by atoms with Gasteiger partial charge in [-0.05, 0) is 43.3 Å². The molecule has 0 radical (unpaired) electrons. The van der Waals surface area contributed by atoms with Gasteiger partial charge in [-0.25, -0.2) is 8.42 Å². The number of carbonyl (C=O) groups is 1. The maximum absolute atomic E-state index is 12.2. The minimum absolute atomic E-state index is 0.108. The summed E-state index contributed by atoms with van der Waals surface area (Å²) in [4.78, 5) is 15.1. The largest absolute Gasteiger partial charge is 0.326 e. The first kappa shape index (κ1) is 15.0. The van der Waals surface area contributed by atoms with Gasteiger partial charge in [-0.1, -0.05) is 0 Å². The first-order valence-electron chi connectivity index (χ1n) is 6.20. The number of nitrogens with zero attached hydrogens (tertiary/aromatic N) is 1. The van der Waals surface area contributed by atoms with Gasteiger partial charge in [0.2, 0.25) is 5.91 Å². The fourth-order valence-electron chi connectivity index (χ4n) is 1.66. The van der Waals surface area contributed by atoms with E-state index in [9.17, 15) is 13.2 Å². The standard InChI is InChI=1S/C14H15N3O3S/c1-10-3-4-13(9-15-10)17-21(19,20)14-7-5-12(6-8-14)16-11(2)18/h3-9,17H,1-2H3,(H,16,18). The third-order valence-corrected chi connectivity index (χ3v) is 4.05. The highest BCUT2D eigenvalue weighted by atomic mass is 32.2. The molecule has 1 aromatic carbocycles. The van der Waals surface area contributed by atoms with Crippen molar-refractivity contribution >= 4 is 27.3 Å². The minimum atomic E-state index is -3.67. The molecule has 0 aliphatic carbocycles. The summed E-state index contributed by atoms with van der Waals surface area (Å²) in [5, 5.41) is 2.58. The summed E-state index contributed by atoms with van der Waals surface area (Å²) in [5.41, 5.74) is 1.74. The molecule has 0 aliphatic heterocycles. The van der Waals surface area contributed by atoms with E-state index < -0.39 is 10.0 Å². The van der Waals surface area contributed by atoms with Crippen LogP contribution in [-0.4, -0.2) is 19.3 Å². The van der Waals surface area contributed by atoms with E-state index in [4.69, 9.17) is 0 Å². The fraction of sp³-hybridized carbons (Fsp3) is 0.143. The topological polar surface area (TPSA) is 88.2 Å². The highest BCUT2D eigenvalue weighted by Gasteiger charge is 2.14. The van der Waals surface area contributed by atoms with Crippen LogP contribution in [0.15, 0.2) is 47.5 Å². The summed E-state index contributed by atoms with van der Waals surface area (Å²) >= 11 is 0. The van der Waals surface area contributed by atoms with Crippen molar-refractivity contribution in [3.8, 4) is 0 Å². The predicted molar refractivity (Wildman–Crippen MR) is 80.5 cm³/mol. The van der Waals surface area contributed by atoms with Gasteiger partial charge in [-0.2, -0.15) is 0 Å². The normalized spacial score (nSPS) is 11.0. The van der Waals surface area contributed by atoms with Crippen molar-refractivity contribution in [2.45, 2.75) is 18.7 Å². The Hall–Kier alpha value is -2.41. The Labute approximate surface area is 123 Å². The molecule has 2 rings (SSSR count). The first-order chi connectivity index (χ1) is 9.87. The van der Waals surface area contributed by atoms with Crippen molar-refractivity contribution in [3.05, 3.63) is 48.3 Å². The quantitative estimate of drug-likeness (QED) is 0.906. The van der Waals surface area contributed by atoms with E-state index in [2.05, 4.69) is 15.0 Å². The fourth-order valence-corrected chi connectivity index (χ4v) is 2.71. The third-order valence-electron chi connectivity index (χ3n) is 2.65. The number of pyridine rings is 1. The van der Waals surface area contributed by atoms with Crippen LogP contribution in [0.5, 0.6) is 0 Å². The van der Waals surface area contributed by atoms with Crippen molar-refractivity contribution in [3.63, 3.8) is 0 Å². The van der Waals surface area contributed by atoms with Crippen LogP contribution in [0.2, 0.25) is 0 Å². The zero-order chi connectivity index (χ0) is 15.5. The lowest BCUT2D eigenvalue weighted by Gasteiger charge is -2.09.